The van der Waals surface area contributed by atoms with Crippen LogP contribution in [-0.4, -0.2) is 95.6 Å². The van der Waals surface area contributed by atoms with Crippen molar-refractivity contribution in [2.45, 2.75) is 76.0 Å². The minimum absolute atomic E-state index is 0.328. The number of carbonyl (C=O) groups excluding carboxylic acids is 1. The van der Waals surface area contributed by atoms with E-state index in [0.29, 0.717) is 0 Å². The highest BCUT2D eigenvalue weighted by Gasteiger charge is 2.99. The highest BCUT2D eigenvalue weighted by molar-refractivity contribution is 5.89. The van der Waals surface area contributed by atoms with E-state index < -0.39 is 87.9 Å². The number of esters is 1. The second-order valence-electron chi connectivity index (χ2n) is 10.5. The van der Waals surface area contributed by atoms with Crippen LogP contribution in [0.1, 0.15) is 34.1 Å². The first-order valence-electron chi connectivity index (χ1n) is 10.3. The molecule has 0 amide bonds. The Bertz CT molecular complexity index is 898. The fourth-order valence-corrected chi connectivity index (χ4v) is 7.56. The number of carbonyl (C=O) groups is 3. The molecule has 32 heavy (non-hydrogen) atoms. The summed E-state index contributed by atoms with van der Waals surface area (Å²) >= 11 is 0. The Hall–Kier alpha value is -1.83. The number of aliphatic hydroxyl groups is 5. The van der Waals surface area contributed by atoms with E-state index in [1.165, 1.54) is 0 Å². The van der Waals surface area contributed by atoms with Gasteiger partial charge in [-0.2, -0.15) is 0 Å². The summed E-state index contributed by atoms with van der Waals surface area (Å²) < 4.78 is 10.6. The second kappa shape index (κ2) is 6.19. The molecule has 0 radical (unpaired) electrons. The maximum Gasteiger partial charge on any atom is 0.340 e. The van der Waals surface area contributed by atoms with E-state index in [1.807, 2.05) is 0 Å². The Kier molecular flexibility index (Phi) is 4.51. The summed E-state index contributed by atoms with van der Waals surface area (Å²) in [5, 5.41) is 76.8. The smallest absolute Gasteiger partial charge is 0.340 e. The van der Waals surface area contributed by atoms with Crippen molar-refractivity contribution in [3.63, 3.8) is 0 Å². The van der Waals surface area contributed by atoms with Crippen molar-refractivity contribution >= 4 is 17.9 Å². The second-order valence-corrected chi connectivity index (χ2v) is 10.5. The van der Waals surface area contributed by atoms with E-state index >= 15 is 0 Å². The van der Waals surface area contributed by atoms with Gasteiger partial charge in [-0.25, -0.2) is 9.59 Å². The summed E-state index contributed by atoms with van der Waals surface area (Å²) in [5.41, 5.74) is -11.9. The monoisotopic (exact) mass is 460 g/mol. The first-order chi connectivity index (χ1) is 14.5. The highest BCUT2D eigenvalue weighted by atomic mass is 16.7. The van der Waals surface area contributed by atoms with E-state index in [4.69, 9.17) is 9.47 Å². The van der Waals surface area contributed by atoms with Gasteiger partial charge < -0.3 is 45.2 Å². The third kappa shape index (κ3) is 1.92. The number of aliphatic carboxylic acids is 2. The molecule has 12 nitrogen and oxygen atoms in total. The third-order valence-corrected chi connectivity index (χ3v) is 8.60. The van der Waals surface area contributed by atoms with Gasteiger partial charge in [0.2, 0.25) is 5.60 Å². The van der Waals surface area contributed by atoms with Crippen molar-refractivity contribution in [3.05, 3.63) is 0 Å². The largest absolute Gasteiger partial charge is 0.479 e. The van der Waals surface area contributed by atoms with Gasteiger partial charge in [-0.1, -0.05) is 20.8 Å². The molecule has 2 heterocycles. The number of rotatable bonds is 3. The summed E-state index contributed by atoms with van der Waals surface area (Å²) in [6, 6.07) is 0. The van der Waals surface area contributed by atoms with Crippen LogP contribution >= 0.6 is 0 Å². The summed E-state index contributed by atoms with van der Waals surface area (Å²) in [6.45, 7) is 6.04. The predicted molar refractivity (Wildman–Crippen MR) is 99.5 cm³/mol. The Morgan fingerprint density at radius 3 is 2.19 bits per heavy atom. The normalized spacial score (nSPS) is 52.8. The summed E-state index contributed by atoms with van der Waals surface area (Å²) in [6.07, 6.45) is -11.1. The van der Waals surface area contributed by atoms with E-state index in [1.54, 1.807) is 20.8 Å². The molecule has 1 spiro atoms. The average molecular weight is 460 g/mol. The minimum Gasteiger partial charge on any atom is -0.479 e. The fourth-order valence-electron chi connectivity index (χ4n) is 7.56. The van der Waals surface area contributed by atoms with Crippen LogP contribution in [0.25, 0.3) is 0 Å². The zero-order valence-corrected chi connectivity index (χ0v) is 17.9. The van der Waals surface area contributed by atoms with Crippen LogP contribution in [0.2, 0.25) is 0 Å². The van der Waals surface area contributed by atoms with Gasteiger partial charge in [-0.05, 0) is 24.7 Å². The molecule has 2 saturated heterocycles. The lowest BCUT2D eigenvalue weighted by Gasteiger charge is -2.52. The number of fused-ring (bicyclic) bond motifs is 2. The van der Waals surface area contributed by atoms with Crippen molar-refractivity contribution in [2.75, 3.05) is 0 Å². The summed E-state index contributed by atoms with van der Waals surface area (Å²) in [4.78, 5) is 37.2. The topological polar surface area (TPSA) is 211 Å². The lowest BCUT2D eigenvalue weighted by atomic mass is 9.49. The molecular weight excluding hydrogens is 432 g/mol. The van der Waals surface area contributed by atoms with Crippen molar-refractivity contribution in [2.24, 2.45) is 28.1 Å². The number of carboxylic acid groups (broad SMARTS) is 2. The summed E-state index contributed by atoms with van der Waals surface area (Å²) in [7, 11) is 0. The molecule has 180 valence electrons. The average Bonchev–Trinajstić information content (AvgIpc) is 3.24. The van der Waals surface area contributed by atoms with Crippen LogP contribution in [0.4, 0.5) is 0 Å². The number of hydrogen-bond donors (Lipinski definition) is 7. The molecule has 0 aromatic carbocycles. The number of carboxylic acids is 2. The molecule has 4 aliphatic rings. The Morgan fingerprint density at radius 2 is 1.72 bits per heavy atom. The first kappa shape index (κ1) is 23.3. The maximum absolute atomic E-state index is 12.9. The number of hydrogen-bond acceptors (Lipinski definition) is 10. The zero-order chi connectivity index (χ0) is 24.4. The third-order valence-electron chi connectivity index (χ3n) is 8.60. The van der Waals surface area contributed by atoms with Crippen LogP contribution < -0.4 is 0 Å². The van der Waals surface area contributed by atoms with Gasteiger partial charge in [0.15, 0.2) is 24.1 Å². The van der Waals surface area contributed by atoms with Crippen molar-refractivity contribution < 1.29 is 59.6 Å². The zero-order valence-electron chi connectivity index (χ0n) is 17.9. The van der Waals surface area contributed by atoms with E-state index in [2.05, 4.69) is 0 Å². The molecule has 2 aliphatic carbocycles. The van der Waals surface area contributed by atoms with Gasteiger partial charge >= 0.3 is 17.9 Å². The van der Waals surface area contributed by atoms with Crippen LogP contribution in [0, 0.1) is 28.1 Å². The number of aliphatic hydroxyl groups excluding tert-OH is 4. The molecule has 2 saturated carbocycles. The van der Waals surface area contributed by atoms with Crippen LogP contribution in [0.15, 0.2) is 0 Å². The lowest BCUT2D eigenvalue weighted by Crippen LogP contribution is -2.71. The molecule has 11 atom stereocenters. The van der Waals surface area contributed by atoms with E-state index in [0.717, 1.165) is 6.92 Å². The molecule has 7 N–H and O–H groups in total. The molecule has 4 rings (SSSR count). The minimum atomic E-state index is -3.08. The fraction of sp³-hybridized carbons (Fsp3) is 0.850. The molecule has 0 unspecified atom stereocenters. The molecule has 0 bridgehead atoms. The molecule has 0 aromatic heterocycles. The Labute approximate surface area is 182 Å². The Morgan fingerprint density at radius 1 is 1.16 bits per heavy atom. The van der Waals surface area contributed by atoms with Gasteiger partial charge in [0, 0.05) is 0 Å². The van der Waals surface area contributed by atoms with Gasteiger partial charge in [-0.15, -0.1) is 0 Å². The van der Waals surface area contributed by atoms with Crippen LogP contribution in [0.5, 0.6) is 0 Å². The van der Waals surface area contributed by atoms with Crippen molar-refractivity contribution in [3.8, 4) is 0 Å². The number of ether oxygens (including phenoxy) is 2. The van der Waals surface area contributed by atoms with E-state index in [-0.39, 0.29) is 6.42 Å². The summed E-state index contributed by atoms with van der Waals surface area (Å²) in [5.74, 6) is -7.52. The van der Waals surface area contributed by atoms with Gasteiger partial charge in [0.1, 0.15) is 6.10 Å². The van der Waals surface area contributed by atoms with E-state index in [9.17, 15) is 50.1 Å². The van der Waals surface area contributed by atoms with Gasteiger partial charge in [0.25, 0.3) is 0 Å². The van der Waals surface area contributed by atoms with Crippen LogP contribution in [-0.2, 0) is 23.9 Å². The van der Waals surface area contributed by atoms with Gasteiger partial charge in [0.05, 0.1) is 22.9 Å². The van der Waals surface area contributed by atoms with Gasteiger partial charge in [-0.3, -0.25) is 4.79 Å². The maximum atomic E-state index is 12.9. The molecule has 4 fully saturated rings. The first-order valence-corrected chi connectivity index (χ1v) is 10.3. The molecular formula is C20H28O12. The van der Waals surface area contributed by atoms with Crippen LogP contribution in [0.3, 0.4) is 0 Å². The quantitative estimate of drug-likeness (QED) is 0.221. The predicted octanol–water partition coefficient (Wildman–Crippen LogP) is -2.33. The molecule has 12 heteroatoms. The standard InChI is InChI=1S/C20H28O12/c1-6-13(26)31-11-9(22)18-8(21)5-7(16(2,3)4)17(18,10(23)12(24)25)15(29)32-20(18,14(27)28)19(6,11)30/h6-11,15,21-23,29-30H,5H2,1-4H3,(H,24,25)(H,27,28)/t6-,7+,8-,9-,10+,11+,15+,17+,18+,19-,20-/m1/s1. The lowest BCUT2D eigenvalue weighted by molar-refractivity contribution is -0.256. The SMILES string of the molecule is C[C@@H]1C(=O)O[C@H]2[C@@H](O)[C@@]34[C@H](O)C[C@@H](C(C)(C)C)[C@]3([C@@H](O)C(=O)O)[C@@H](O)O[C@@]4(C(=O)O)[C@@]12O. The molecule has 0 aromatic rings. The molecule has 2 aliphatic heterocycles. The highest BCUT2D eigenvalue weighted by Crippen LogP contribution is 2.80. The van der Waals surface area contributed by atoms with Crippen molar-refractivity contribution in [1.29, 1.82) is 0 Å². The Balaban J connectivity index is 2.17. The van der Waals surface area contributed by atoms with Crippen molar-refractivity contribution in [1.82, 2.24) is 0 Å².